The fourth-order valence-electron chi connectivity index (χ4n) is 3.45. The molecule has 4 rings (SSSR count). The van der Waals surface area contributed by atoms with Gasteiger partial charge in [-0.25, -0.2) is 0 Å². The van der Waals surface area contributed by atoms with Crippen molar-refractivity contribution in [3.05, 3.63) is 87.1 Å². The number of hydrogen-bond donors (Lipinski definition) is 0. The molecule has 0 aromatic heterocycles. The van der Waals surface area contributed by atoms with Gasteiger partial charge >= 0.3 is 0 Å². The number of allylic oxidation sites excluding steroid dienone is 1. The molecule has 5 nitrogen and oxygen atoms in total. The number of hydrogen-bond acceptors (Lipinski definition) is 5. The number of fused-ring (bicyclic) bond motifs is 1. The molecule has 0 spiro atoms. The molecule has 3 aromatic carbocycles. The van der Waals surface area contributed by atoms with Crippen molar-refractivity contribution in [1.29, 1.82) is 0 Å². The molecule has 0 bridgehead atoms. The molecule has 1 aliphatic rings. The lowest BCUT2D eigenvalue weighted by Gasteiger charge is -2.10. The van der Waals surface area contributed by atoms with Gasteiger partial charge in [-0.15, -0.1) is 0 Å². The third kappa shape index (κ3) is 4.44. The topological polar surface area (TPSA) is 54.0 Å². The second-order valence-corrected chi connectivity index (χ2v) is 8.00. The summed E-state index contributed by atoms with van der Waals surface area (Å²) >= 11 is 3.45. The Kier molecular flexibility index (Phi) is 6.00. The summed E-state index contributed by atoms with van der Waals surface area (Å²) in [4.78, 5) is 13.0. The summed E-state index contributed by atoms with van der Waals surface area (Å²) in [6.45, 7) is 2.25. The molecule has 0 aliphatic carbocycles. The van der Waals surface area contributed by atoms with Crippen LogP contribution in [0.4, 0.5) is 0 Å². The summed E-state index contributed by atoms with van der Waals surface area (Å²) in [6, 6.07) is 16.9. The van der Waals surface area contributed by atoms with Gasteiger partial charge in [-0.1, -0.05) is 28.1 Å². The number of Topliss-reactive ketones (excluding diaryl/α,β-unsaturated/α-hetero) is 1. The van der Waals surface area contributed by atoms with Crippen molar-refractivity contribution in [2.75, 3.05) is 14.2 Å². The van der Waals surface area contributed by atoms with Gasteiger partial charge in [-0.2, -0.15) is 0 Å². The lowest BCUT2D eigenvalue weighted by molar-refractivity contribution is 0.101. The van der Waals surface area contributed by atoms with Crippen LogP contribution >= 0.6 is 15.9 Å². The van der Waals surface area contributed by atoms with Crippen LogP contribution in [-0.2, 0) is 6.61 Å². The monoisotopic (exact) mass is 480 g/mol. The number of carbonyl (C=O) groups excluding carboxylic acids is 1. The summed E-state index contributed by atoms with van der Waals surface area (Å²) in [5.41, 5.74) is 3.08. The molecule has 158 valence electrons. The molecule has 0 saturated heterocycles. The van der Waals surface area contributed by atoms with Crippen LogP contribution in [0.1, 0.15) is 27.0 Å². The molecule has 31 heavy (non-hydrogen) atoms. The molecule has 0 N–H and O–H groups in total. The molecule has 1 aliphatic heterocycles. The standard InChI is InChI=1S/C25H21BrO5/c1-15-9-20(30-14-16-5-4-6-19(10-16)28-2)13-22-24(15)25(27)23(31-22)12-17-11-18(26)7-8-21(17)29-3/h4-13H,14H2,1-3H3/b23-12-. The lowest BCUT2D eigenvalue weighted by atomic mass is 10.0. The fourth-order valence-corrected chi connectivity index (χ4v) is 3.83. The second kappa shape index (κ2) is 8.86. The van der Waals surface area contributed by atoms with Crippen LogP contribution in [0.5, 0.6) is 23.0 Å². The number of aryl methyl sites for hydroxylation is 1. The van der Waals surface area contributed by atoms with Crippen molar-refractivity contribution in [3.8, 4) is 23.0 Å². The lowest BCUT2D eigenvalue weighted by Crippen LogP contribution is -2.00. The molecule has 6 heteroatoms. The first kappa shape index (κ1) is 21.0. The minimum absolute atomic E-state index is 0.158. The van der Waals surface area contributed by atoms with E-state index in [1.807, 2.05) is 55.5 Å². The van der Waals surface area contributed by atoms with Crippen LogP contribution in [0.25, 0.3) is 6.08 Å². The molecule has 0 saturated carbocycles. The summed E-state index contributed by atoms with van der Waals surface area (Å²) < 4.78 is 23.4. The smallest absolute Gasteiger partial charge is 0.232 e. The highest BCUT2D eigenvalue weighted by atomic mass is 79.9. The number of methoxy groups -OCH3 is 2. The van der Waals surface area contributed by atoms with Crippen LogP contribution in [0, 0.1) is 6.92 Å². The van der Waals surface area contributed by atoms with E-state index in [2.05, 4.69) is 15.9 Å². The van der Waals surface area contributed by atoms with Gasteiger partial charge in [0.15, 0.2) is 5.76 Å². The van der Waals surface area contributed by atoms with Crippen molar-refractivity contribution in [2.45, 2.75) is 13.5 Å². The van der Waals surface area contributed by atoms with Crippen LogP contribution in [0.15, 0.2) is 64.8 Å². The zero-order valence-electron chi connectivity index (χ0n) is 17.4. The minimum atomic E-state index is -0.158. The molecule has 1 heterocycles. The zero-order valence-corrected chi connectivity index (χ0v) is 19.0. The van der Waals surface area contributed by atoms with E-state index < -0.39 is 0 Å². The largest absolute Gasteiger partial charge is 0.497 e. The van der Waals surface area contributed by atoms with Gasteiger partial charge in [0.1, 0.15) is 29.6 Å². The Morgan fingerprint density at radius 3 is 2.61 bits per heavy atom. The summed E-state index contributed by atoms with van der Waals surface area (Å²) in [6.07, 6.45) is 1.70. The summed E-state index contributed by atoms with van der Waals surface area (Å²) in [7, 11) is 3.22. The maximum atomic E-state index is 13.0. The second-order valence-electron chi connectivity index (χ2n) is 7.08. The van der Waals surface area contributed by atoms with Gasteiger partial charge < -0.3 is 18.9 Å². The Morgan fingerprint density at radius 1 is 1.00 bits per heavy atom. The van der Waals surface area contributed by atoms with Gasteiger partial charge in [0, 0.05) is 16.1 Å². The average Bonchev–Trinajstić information content (AvgIpc) is 3.08. The molecule has 0 fully saturated rings. The third-order valence-corrected chi connectivity index (χ3v) is 5.45. The van der Waals surface area contributed by atoms with Gasteiger partial charge in [-0.05, 0) is 60.5 Å². The highest BCUT2D eigenvalue weighted by Gasteiger charge is 2.30. The van der Waals surface area contributed by atoms with Crippen molar-refractivity contribution in [1.82, 2.24) is 0 Å². The zero-order chi connectivity index (χ0) is 22.0. The summed E-state index contributed by atoms with van der Waals surface area (Å²) in [5.74, 6) is 2.65. The number of ketones is 1. The first-order chi connectivity index (χ1) is 15.0. The van der Waals surface area contributed by atoms with Gasteiger partial charge in [-0.3, -0.25) is 4.79 Å². The van der Waals surface area contributed by atoms with Crippen molar-refractivity contribution in [2.24, 2.45) is 0 Å². The summed E-state index contributed by atoms with van der Waals surface area (Å²) in [5, 5.41) is 0. The molecular formula is C25H21BrO5. The van der Waals surface area contributed by atoms with Crippen LogP contribution in [-0.4, -0.2) is 20.0 Å². The highest BCUT2D eigenvalue weighted by Crippen LogP contribution is 2.38. The first-order valence-electron chi connectivity index (χ1n) is 9.66. The van der Waals surface area contributed by atoms with Crippen molar-refractivity contribution in [3.63, 3.8) is 0 Å². The molecular weight excluding hydrogens is 460 g/mol. The number of benzene rings is 3. The van der Waals surface area contributed by atoms with E-state index >= 15 is 0 Å². The van der Waals surface area contributed by atoms with Crippen LogP contribution in [0.3, 0.4) is 0 Å². The Bertz CT molecular complexity index is 1180. The number of carbonyl (C=O) groups is 1. The molecule has 0 amide bonds. The van der Waals surface area contributed by atoms with Crippen molar-refractivity contribution < 1.29 is 23.7 Å². The number of halogens is 1. The average molecular weight is 481 g/mol. The Balaban J connectivity index is 1.58. The van der Waals surface area contributed by atoms with Gasteiger partial charge in [0.25, 0.3) is 0 Å². The maximum Gasteiger partial charge on any atom is 0.232 e. The first-order valence-corrected chi connectivity index (χ1v) is 10.5. The van der Waals surface area contributed by atoms with E-state index in [4.69, 9.17) is 18.9 Å². The van der Waals surface area contributed by atoms with Crippen LogP contribution < -0.4 is 18.9 Å². The molecule has 0 atom stereocenters. The third-order valence-electron chi connectivity index (χ3n) is 4.96. The minimum Gasteiger partial charge on any atom is -0.497 e. The quantitative estimate of drug-likeness (QED) is 0.406. The highest BCUT2D eigenvalue weighted by molar-refractivity contribution is 9.10. The van der Waals surface area contributed by atoms with Crippen molar-refractivity contribution >= 4 is 27.8 Å². The SMILES string of the molecule is COc1cccc(COc2cc(C)c3c(c2)O/C(=C\c2cc(Br)ccc2OC)C3=O)c1. The van der Waals surface area contributed by atoms with E-state index in [0.29, 0.717) is 29.4 Å². The number of rotatable bonds is 6. The predicted octanol–water partition coefficient (Wildman–Crippen LogP) is 5.97. The van der Waals surface area contributed by atoms with E-state index in [-0.39, 0.29) is 11.5 Å². The molecule has 3 aromatic rings. The fraction of sp³-hybridized carbons (Fsp3) is 0.160. The van der Waals surface area contributed by atoms with E-state index in [0.717, 1.165) is 26.9 Å². The molecule has 0 unspecified atom stereocenters. The van der Waals surface area contributed by atoms with Gasteiger partial charge in [0.05, 0.1) is 19.8 Å². The predicted molar refractivity (Wildman–Crippen MR) is 122 cm³/mol. The van der Waals surface area contributed by atoms with Gasteiger partial charge in [0.2, 0.25) is 5.78 Å². The Morgan fingerprint density at radius 2 is 1.84 bits per heavy atom. The maximum absolute atomic E-state index is 13.0. The molecule has 0 radical (unpaired) electrons. The Hall–Kier alpha value is -3.25. The van der Waals surface area contributed by atoms with E-state index in [1.165, 1.54) is 0 Å². The Labute approximate surface area is 189 Å². The van der Waals surface area contributed by atoms with E-state index in [9.17, 15) is 4.79 Å². The van der Waals surface area contributed by atoms with E-state index in [1.54, 1.807) is 26.4 Å². The normalized spacial score (nSPS) is 13.7. The number of ether oxygens (including phenoxy) is 4. The van der Waals surface area contributed by atoms with Crippen LogP contribution in [0.2, 0.25) is 0 Å².